The topological polar surface area (TPSA) is 307 Å². The van der Waals surface area contributed by atoms with Crippen LogP contribution in [0.5, 0.6) is 0 Å². The highest BCUT2D eigenvalue weighted by Crippen LogP contribution is 2.33. The summed E-state index contributed by atoms with van der Waals surface area (Å²) in [6, 6.07) is -0.976. The zero-order valence-corrected chi connectivity index (χ0v) is 61.7. The molecule has 578 valence electrons. The summed E-state index contributed by atoms with van der Waals surface area (Å²) in [5.41, 5.74) is 0. The number of carbonyl (C=O) groups is 1. The summed E-state index contributed by atoms with van der Waals surface area (Å²) in [6.07, 6.45) is 50.6. The Kier molecular flexibility index (Phi) is 55.6. The smallest absolute Gasteiger partial charge is 0.220 e. The first-order valence-corrected chi connectivity index (χ1v) is 40.0. The van der Waals surface area contributed by atoms with Crippen LogP contribution in [0.4, 0.5) is 0 Å². The average Bonchev–Trinajstić information content (AvgIpc) is 0.785. The van der Waals surface area contributed by atoms with Crippen LogP contribution in [0, 0.1) is 0 Å². The zero-order valence-electron chi connectivity index (χ0n) is 61.7. The highest BCUT2D eigenvalue weighted by atomic mass is 16.8. The van der Waals surface area contributed by atoms with Crippen LogP contribution in [0.25, 0.3) is 0 Å². The van der Waals surface area contributed by atoms with Crippen LogP contribution in [0.2, 0.25) is 0 Å². The second-order valence-electron chi connectivity index (χ2n) is 28.5. The lowest BCUT2D eigenvalue weighted by Gasteiger charge is -2.48. The molecule has 3 saturated heterocycles. The van der Waals surface area contributed by atoms with Crippen LogP contribution in [0.1, 0.15) is 309 Å². The molecule has 0 aliphatic carbocycles. The van der Waals surface area contributed by atoms with E-state index in [1.807, 2.05) is 6.08 Å². The fraction of sp³-hybridized carbons (Fsp3) is 0.863. The van der Waals surface area contributed by atoms with E-state index in [0.717, 1.165) is 70.6 Å². The first kappa shape index (κ1) is 90.7. The number of hydrogen-bond acceptors (Lipinski definition) is 18. The average molecular weight is 1410 g/mol. The summed E-state index contributed by atoms with van der Waals surface area (Å²) < 4.78 is 34.5. The van der Waals surface area contributed by atoms with E-state index >= 15 is 0 Å². The molecule has 0 saturated carbocycles. The summed E-state index contributed by atoms with van der Waals surface area (Å²) in [5.74, 6) is -0.273. The lowest BCUT2D eigenvalue weighted by atomic mass is 9.96. The maximum atomic E-state index is 13.5. The minimum atomic E-state index is -1.98. The van der Waals surface area contributed by atoms with Crippen molar-refractivity contribution in [1.82, 2.24) is 5.32 Å². The molecule has 12 N–H and O–H groups in total. The second kappa shape index (κ2) is 60.7. The fourth-order valence-corrected chi connectivity index (χ4v) is 13.4. The number of allylic oxidation sites excluding steroid dienone is 9. The number of unbranched alkanes of at least 4 members (excludes halogenated alkanes) is 39. The van der Waals surface area contributed by atoms with Gasteiger partial charge in [0.05, 0.1) is 38.6 Å². The molecule has 0 aromatic carbocycles. The van der Waals surface area contributed by atoms with Gasteiger partial charge in [0, 0.05) is 6.42 Å². The van der Waals surface area contributed by atoms with Gasteiger partial charge in [-0.3, -0.25) is 4.79 Å². The van der Waals surface area contributed by atoms with Crippen LogP contribution >= 0.6 is 0 Å². The van der Waals surface area contributed by atoms with E-state index in [0.29, 0.717) is 6.42 Å². The van der Waals surface area contributed by atoms with Crippen LogP contribution in [-0.2, 0) is 33.2 Å². The molecule has 17 atom stereocenters. The van der Waals surface area contributed by atoms with E-state index in [-0.39, 0.29) is 18.9 Å². The third-order valence-corrected chi connectivity index (χ3v) is 19.8. The molecule has 17 unspecified atom stereocenters. The van der Waals surface area contributed by atoms with Gasteiger partial charge in [0.25, 0.3) is 0 Å². The number of amides is 1. The summed E-state index contributed by atoms with van der Waals surface area (Å²) in [5, 5.41) is 121. The van der Waals surface area contributed by atoms with Gasteiger partial charge in [0.1, 0.15) is 73.2 Å². The maximum Gasteiger partial charge on any atom is 0.220 e. The SMILES string of the molecule is CC/C=C\C/C=C\C/C=C\C/C=C\CCCCCCCCCCCCCCCCCCC(=O)NC(COC1OC(CO)C(OC2OC(CO)C(OC3OC(CO)C(O)C(O)C3O)C(O)C2O)C(O)C1O)C(O)/C=C/CCCCCCCCCCCCCCCCCCCCCCCCC. The molecule has 0 spiro atoms. The van der Waals surface area contributed by atoms with Gasteiger partial charge in [-0.25, -0.2) is 0 Å². The Morgan fingerprint density at radius 1 is 0.374 bits per heavy atom. The van der Waals surface area contributed by atoms with Crippen molar-refractivity contribution in [3.63, 3.8) is 0 Å². The van der Waals surface area contributed by atoms with Gasteiger partial charge >= 0.3 is 0 Å². The molecular weight excluding hydrogens is 1260 g/mol. The molecule has 3 fully saturated rings. The standard InChI is InChI=1S/C80H145NO18/c1-3-5-7-9-11-13-15-17-19-21-23-25-27-29-30-31-32-34-36-38-40-42-44-46-48-50-52-54-56-58-68(86)81-63(64(85)57-55-53-51-49-47-45-43-41-39-37-35-33-28-26-24-22-20-18-16-14-12-10-8-6-4-2)62-94-78-74(92)71(89)76(66(60-83)96-78)99-80-75(93)72(90)77(67(61-84)97-80)98-79-73(91)70(88)69(87)65(59-82)95-79/h5,7,11,13,17,19,23,25,55,57,63-67,69-80,82-85,87-93H,3-4,6,8-10,12,14-16,18,20-22,24,26-54,56,58-62H2,1-2H3,(H,81,86)/b7-5-,13-11-,19-17-,25-23-,57-55+. The summed E-state index contributed by atoms with van der Waals surface area (Å²) in [6.45, 7) is 1.67. The number of carbonyl (C=O) groups excluding carboxylic acids is 1. The minimum Gasteiger partial charge on any atom is -0.394 e. The van der Waals surface area contributed by atoms with E-state index in [1.165, 1.54) is 212 Å². The van der Waals surface area contributed by atoms with Crippen LogP contribution in [0.3, 0.4) is 0 Å². The predicted octanol–water partition coefficient (Wildman–Crippen LogP) is 13.1. The van der Waals surface area contributed by atoms with E-state index in [4.69, 9.17) is 28.4 Å². The Hall–Kier alpha value is -2.51. The Labute approximate surface area is 598 Å². The van der Waals surface area contributed by atoms with Gasteiger partial charge in [0.15, 0.2) is 18.9 Å². The molecule has 3 rings (SSSR count). The number of rotatable bonds is 63. The molecule has 19 nitrogen and oxygen atoms in total. The molecule has 0 bridgehead atoms. The first-order valence-electron chi connectivity index (χ1n) is 40.0. The molecule has 3 heterocycles. The summed E-state index contributed by atoms with van der Waals surface area (Å²) >= 11 is 0. The van der Waals surface area contributed by atoms with E-state index in [9.17, 15) is 61.0 Å². The summed E-state index contributed by atoms with van der Waals surface area (Å²) in [7, 11) is 0. The number of aliphatic hydroxyl groups is 11. The van der Waals surface area contributed by atoms with Gasteiger partial charge in [-0.2, -0.15) is 0 Å². The minimum absolute atomic E-state index is 0.243. The zero-order chi connectivity index (χ0) is 71.8. The van der Waals surface area contributed by atoms with Gasteiger partial charge < -0.3 is 89.9 Å². The van der Waals surface area contributed by atoms with Gasteiger partial charge in [-0.15, -0.1) is 0 Å². The van der Waals surface area contributed by atoms with Crippen molar-refractivity contribution in [2.24, 2.45) is 0 Å². The molecule has 0 aromatic heterocycles. The van der Waals surface area contributed by atoms with Crippen molar-refractivity contribution >= 4 is 5.91 Å². The Morgan fingerprint density at radius 3 is 1.09 bits per heavy atom. The Bertz CT molecular complexity index is 2020. The number of ether oxygens (including phenoxy) is 6. The predicted molar refractivity (Wildman–Crippen MR) is 392 cm³/mol. The highest BCUT2D eigenvalue weighted by Gasteiger charge is 2.54. The van der Waals surface area contributed by atoms with Crippen molar-refractivity contribution in [3.05, 3.63) is 60.8 Å². The third-order valence-electron chi connectivity index (χ3n) is 19.8. The van der Waals surface area contributed by atoms with E-state index < -0.39 is 124 Å². The number of nitrogens with one attached hydrogen (secondary N) is 1. The maximum absolute atomic E-state index is 13.5. The molecule has 1 amide bonds. The molecule has 3 aliphatic heterocycles. The van der Waals surface area contributed by atoms with E-state index in [1.54, 1.807) is 6.08 Å². The Balaban J connectivity index is 1.38. The first-order chi connectivity index (χ1) is 48.3. The highest BCUT2D eigenvalue weighted by molar-refractivity contribution is 5.76. The molecule has 3 aliphatic rings. The third kappa shape index (κ3) is 41.1. The van der Waals surface area contributed by atoms with Gasteiger partial charge in [0.2, 0.25) is 5.91 Å². The molecule has 0 radical (unpaired) electrons. The van der Waals surface area contributed by atoms with Crippen molar-refractivity contribution in [3.8, 4) is 0 Å². The molecule has 99 heavy (non-hydrogen) atoms. The second-order valence-corrected chi connectivity index (χ2v) is 28.5. The van der Waals surface area contributed by atoms with Gasteiger partial charge in [-0.05, 0) is 57.8 Å². The van der Waals surface area contributed by atoms with Crippen molar-refractivity contribution in [2.75, 3.05) is 26.4 Å². The fourth-order valence-electron chi connectivity index (χ4n) is 13.4. The lowest BCUT2D eigenvalue weighted by Crippen LogP contribution is -2.66. The lowest BCUT2D eigenvalue weighted by molar-refractivity contribution is -0.379. The van der Waals surface area contributed by atoms with Crippen LogP contribution < -0.4 is 5.32 Å². The molecule has 0 aromatic rings. The van der Waals surface area contributed by atoms with Crippen molar-refractivity contribution in [2.45, 2.75) is 413 Å². The normalized spacial score (nSPS) is 26.9. The quantitative estimate of drug-likeness (QED) is 0.0199. The van der Waals surface area contributed by atoms with Crippen LogP contribution in [-0.4, -0.2) is 193 Å². The van der Waals surface area contributed by atoms with Crippen LogP contribution in [0.15, 0.2) is 60.8 Å². The van der Waals surface area contributed by atoms with E-state index in [2.05, 4.69) is 67.8 Å². The summed E-state index contributed by atoms with van der Waals surface area (Å²) in [4.78, 5) is 13.5. The van der Waals surface area contributed by atoms with Crippen molar-refractivity contribution in [1.29, 1.82) is 0 Å². The largest absolute Gasteiger partial charge is 0.394 e. The number of hydrogen-bond donors (Lipinski definition) is 12. The Morgan fingerprint density at radius 2 is 0.697 bits per heavy atom. The van der Waals surface area contributed by atoms with Gasteiger partial charge in [-0.1, -0.05) is 306 Å². The molecular formula is C80H145NO18. The molecule has 19 heteroatoms. The number of aliphatic hydroxyl groups excluding tert-OH is 11. The van der Waals surface area contributed by atoms with Crippen molar-refractivity contribution < 1.29 is 89.4 Å². The monoisotopic (exact) mass is 1410 g/mol.